The van der Waals surface area contributed by atoms with Gasteiger partial charge in [0, 0.05) is 38.2 Å². The number of phenols is 1. The van der Waals surface area contributed by atoms with Gasteiger partial charge in [-0.2, -0.15) is 0 Å². The van der Waals surface area contributed by atoms with Crippen LogP contribution in [-0.2, 0) is 20.7 Å². The Balaban J connectivity index is 1.48. The van der Waals surface area contributed by atoms with Gasteiger partial charge in [-0.25, -0.2) is 0 Å². The maximum atomic E-state index is 13.2. The predicted octanol–water partition coefficient (Wildman–Crippen LogP) is 2.86. The van der Waals surface area contributed by atoms with Crippen molar-refractivity contribution in [1.82, 2.24) is 9.80 Å². The molecule has 0 aliphatic carbocycles. The number of hydrogen-bond donors (Lipinski definition) is 2. The second-order valence-electron chi connectivity index (χ2n) is 9.35. The fraction of sp³-hybridized carbons (Fsp3) is 0.407. The maximum Gasteiger partial charge on any atom is 0.295 e. The number of nitrogens with zero attached hydrogens (tertiary/aromatic N) is 2. The van der Waals surface area contributed by atoms with Crippen molar-refractivity contribution in [3.63, 3.8) is 0 Å². The summed E-state index contributed by atoms with van der Waals surface area (Å²) in [6.45, 7) is 6.18. The van der Waals surface area contributed by atoms with E-state index < -0.39 is 17.7 Å². The molecule has 0 spiro atoms. The maximum absolute atomic E-state index is 13.2. The number of fused-ring (bicyclic) bond motifs is 1. The number of rotatable bonds is 6. The highest BCUT2D eigenvalue weighted by Gasteiger charge is 2.46. The molecule has 2 fully saturated rings. The Hall–Kier alpha value is -3.36. The molecule has 0 saturated carbocycles. The van der Waals surface area contributed by atoms with Gasteiger partial charge in [0.2, 0.25) is 0 Å². The van der Waals surface area contributed by atoms with Crippen molar-refractivity contribution in [3.05, 3.63) is 64.7 Å². The second-order valence-corrected chi connectivity index (χ2v) is 9.35. The third-order valence-corrected chi connectivity index (χ3v) is 6.87. The van der Waals surface area contributed by atoms with Gasteiger partial charge in [-0.05, 0) is 54.8 Å². The summed E-state index contributed by atoms with van der Waals surface area (Å²) in [6, 6.07) is 11.0. The Bertz CT molecular complexity index is 1170. The minimum Gasteiger partial charge on any atom is -0.508 e. The van der Waals surface area contributed by atoms with Crippen LogP contribution in [0, 0.1) is 0 Å². The Morgan fingerprint density at radius 1 is 1.09 bits per heavy atom. The van der Waals surface area contributed by atoms with E-state index in [4.69, 9.17) is 9.47 Å². The van der Waals surface area contributed by atoms with E-state index in [0.717, 1.165) is 30.9 Å². The average Bonchev–Trinajstić information content (AvgIpc) is 3.35. The summed E-state index contributed by atoms with van der Waals surface area (Å²) in [4.78, 5) is 30.2. The van der Waals surface area contributed by atoms with Crippen LogP contribution in [0.4, 0.5) is 0 Å². The quantitative estimate of drug-likeness (QED) is 0.374. The molecule has 3 aliphatic rings. The van der Waals surface area contributed by atoms with E-state index in [1.807, 2.05) is 13.0 Å². The van der Waals surface area contributed by atoms with Gasteiger partial charge in [-0.15, -0.1) is 0 Å². The minimum absolute atomic E-state index is 0.0325. The van der Waals surface area contributed by atoms with E-state index in [2.05, 4.69) is 4.90 Å². The van der Waals surface area contributed by atoms with Crippen molar-refractivity contribution in [2.75, 3.05) is 39.4 Å². The Morgan fingerprint density at radius 2 is 1.89 bits per heavy atom. The van der Waals surface area contributed by atoms with Crippen molar-refractivity contribution in [2.45, 2.75) is 31.9 Å². The lowest BCUT2D eigenvalue weighted by molar-refractivity contribution is -0.140. The summed E-state index contributed by atoms with van der Waals surface area (Å²) < 4.78 is 11.2. The lowest BCUT2D eigenvalue weighted by Gasteiger charge is -2.29. The molecule has 2 aromatic carbocycles. The van der Waals surface area contributed by atoms with E-state index in [-0.39, 0.29) is 23.2 Å². The summed E-state index contributed by atoms with van der Waals surface area (Å²) in [5.41, 5.74) is 2.04. The largest absolute Gasteiger partial charge is 0.508 e. The number of aliphatic hydroxyl groups is 1. The number of Topliss-reactive ketones (excluding diaryl/α,β-unsaturated/α-hetero) is 1. The molecule has 2 atom stereocenters. The molecule has 3 aliphatic heterocycles. The molecule has 8 nitrogen and oxygen atoms in total. The first kappa shape index (κ1) is 23.4. The molecular formula is C27H30N2O6. The number of hydrogen-bond acceptors (Lipinski definition) is 7. The van der Waals surface area contributed by atoms with Gasteiger partial charge < -0.3 is 24.6 Å². The van der Waals surface area contributed by atoms with Gasteiger partial charge in [-0.1, -0.05) is 12.1 Å². The number of aromatic hydroxyl groups is 1. The Kier molecular flexibility index (Phi) is 6.49. The molecule has 3 heterocycles. The highest BCUT2D eigenvalue weighted by molar-refractivity contribution is 6.46. The van der Waals surface area contributed by atoms with E-state index in [1.165, 1.54) is 17.0 Å². The minimum atomic E-state index is -0.782. The number of carbonyl (C=O) groups excluding carboxylic acids is 2. The zero-order chi connectivity index (χ0) is 24.5. The van der Waals surface area contributed by atoms with Gasteiger partial charge in [-0.3, -0.25) is 14.5 Å². The smallest absolute Gasteiger partial charge is 0.295 e. The summed E-state index contributed by atoms with van der Waals surface area (Å²) in [6.07, 6.45) is 1.44. The number of ether oxygens (including phenoxy) is 2. The first-order valence-electron chi connectivity index (χ1n) is 12.1. The van der Waals surface area contributed by atoms with Crippen LogP contribution in [0.5, 0.6) is 11.5 Å². The number of phenolic OH excluding ortho intramolecular Hbond substituents is 1. The zero-order valence-electron chi connectivity index (χ0n) is 19.8. The third-order valence-electron chi connectivity index (χ3n) is 6.87. The number of carbonyl (C=O) groups is 2. The molecule has 184 valence electrons. The Labute approximate surface area is 204 Å². The fourth-order valence-electron chi connectivity index (χ4n) is 5.17. The van der Waals surface area contributed by atoms with Crippen molar-refractivity contribution in [3.8, 4) is 11.5 Å². The summed E-state index contributed by atoms with van der Waals surface area (Å²) in [5, 5.41) is 21.4. The molecule has 0 radical (unpaired) electrons. The third kappa shape index (κ3) is 4.63. The van der Waals surface area contributed by atoms with Crippen molar-refractivity contribution >= 4 is 17.4 Å². The van der Waals surface area contributed by atoms with Crippen LogP contribution in [0.3, 0.4) is 0 Å². The van der Waals surface area contributed by atoms with Gasteiger partial charge in [0.25, 0.3) is 11.7 Å². The number of benzene rings is 2. The lowest BCUT2D eigenvalue weighted by atomic mass is 9.94. The van der Waals surface area contributed by atoms with Crippen molar-refractivity contribution < 1.29 is 29.3 Å². The molecule has 1 amide bonds. The first-order valence-corrected chi connectivity index (χ1v) is 12.1. The predicted molar refractivity (Wildman–Crippen MR) is 129 cm³/mol. The summed E-state index contributed by atoms with van der Waals surface area (Å²) >= 11 is 0. The molecule has 0 bridgehead atoms. The van der Waals surface area contributed by atoms with Crippen LogP contribution in [0.15, 0.2) is 48.0 Å². The topological polar surface area (TPSA) is 99.5 Å². The van der Waals surface area contributed by atoms with Crippen LogP contribution >= 0.6 is 0 Å². The highest BCUT2D eigenvalue weighted by atomic mass is 16.5. The lowest BCUT2D eigenvalue weighted by Crippen LogP contribution is -2.38. The van der Waals surface area contributed by atoms with Gasteiger partial charge in [0.05, 0.1) is 24.8 Å². The summed E-state index contributed by atoms with van der Waals surface area (Å²) in [5.74, 6) is -0.769. The molecule has 35 heavy (non-hydrogen) atoms. The molecule has 2 saturated heterocycles. The monoisotopic (exact) mass is 478 g/mol. The van der Waals surface area contributed by atoms with E-state index >= 15 is 0 Å². The van der Waals surface area contributed by atoms with E-state index in [9.17, 15) is 19.8 Å². The molecule has 0 unspecified atom stereocenters. The number of morpholine rings is 1. The Morgan fingerprint density at radius 3 is 2.66 bits per heavy atom. The SMILES string of the molecule is C[C@@H]1Cc2cc(C(O)=C3C(=O)C(=O)N(CCCN4CCOCC4)[C@H]3c3cccc(O)c3)ccc2O1. The fourth-order valence-corrected chi connectivity index (χ4v) is 5.17. The second kappa shape index (κ2) is 9.71. The zero-order valence-corrected chi connectivity index (χ0v) is 19.8. The van der Waals surface area contributed by atoms with Crippen LogP contribution in [0.1, 0.15) is 36.1 Å². The van der Waals surface area contributed by atoms with Crippen molar-refractivity contribution in [2.24, 2.45) is 0 Å². The highest BCUT2D eigenvalue weighted by Crippen LogP contribution is 2.41. The number of amides is 1. The molecular weight excluding hydrogens is 448 g/mol. The molecule has 2 N–H and O–H groups in total. The summed E-state index contributed by atoms with van der Waals surface area (Å²) in [7, 11) is 0. The molecule has 5 rings (SSSR count). The number of aliphatic hydroxyl groups excluding tert-OH is 1. The van der Waals surface area contributed by atoms with Gasteiger partial charge >= 0.3 is 0 Å². The molecule has 8 heteroatoms. The van der Waals surface area contributed by atoms with Gasteiger partial charge in [0.15, 0.2) is 0 Å². The standard InChI is InChI=1S/C27H30N2O6/c1-17-14-20-15-19(6-7-22(20)35-17)25(31)23-24(18-4-2-5-21(30)16-18)29(27(33)26(23)32)9-3-8-28-10-12-34-13-11-28/h2,4-7,15-17,24,30-31H,3,8-14H2,1H3/t17-,24+/m1/s1. The van der Waals surface area contributed by atoms with Crippen molar-refractivity contribution in [1.29, 1.82) is 0 Å². The normalized spacial score (nSPS) is 24.0. The molecule has 2 aromatic rings. The molecule has 0 aromatic heterocycles. The first-order chi connectivity index (χ1) is 16.9. The number of ketones is 1. The van der Waals surface area contributed by atoms with E-state index in [0.29, 0.717) is 43.7 Å². The van der Waals surface area contributed by atoms with Crippen LogP contribution in [0.25, 0.3) is 5.76 Å². The van der Waals surface area contributed by atoms with E-state index in [1.54, 1.807) is 24.3 Å². The van der Waals surface area contributed by atoms with Crippen LogP contribution in [0.2, 0.25) is 0 Å². The van der Waals surface area contributed by atoms with Crippen LogP contribution in [-0.4, -0.2) is 77.2 Å². The average molecular weight is 479 g/mol. The van der Waals surface area contributed by atoms with Gasteiger partial charge in [0.1, 0.15) is 23.4 Å². The number of likely N-dealkylation sites (tertiary alicyclic amines) is 1. The van der Waals surface area contributed by atoms with Crippen LogP contribution < -0.4 is 4.74 Å².